The normalized spacial score (nSPS) is 17.2. The first kappa shape index (κ1) is 15.5. The number of H-pyrrole nitrogens is 1. The van der Waals surface area contributed by atoms with E-state index < -0.39 is 5.63 Å². The molecule has 25 heavy (non-hydrogen) atoms. The number of hydrogen-bond donors (Lipinski definition) is 1. The number of rotatable bonds is 3. The number of aromatic amines is 1. The average molecular weight is 338 g/mol. The summed E-state index contributed by atoms with van der Waals surface area (Å²) < 4.78 is 10.8. The molecule has 128 valence electrons. The Morgan fingerprint density at radius 3 is 3.00 bits per heavy atom. The number of carbonyl (C=O) groups is 1. The molecule has 6 heteroatoms. The second kappa shape index (κ2) is 6.12. The van der Waals surface area contributed by atoms with E-state index in [1.807, 2.05) is 30.5 Å². The zero-order valence-electron chi connectivity index (χ0n) is 13.8. The number of hydrogen-bond acceptors (Lipinski definition) is 4. The molecule has 0 saturated carbocycles. The number of nitrogens with one attached hydrogen (secondary N) is 1. The fourth-order valence-corrected chi connectivity index (χ4v) is 3.21. The van der Waals surface area contributed by atoms with E-state index in [0.717, 1.165) is 17.3 Å². The van der Waals surface area contributed by atoms with Gasteiger partial charge in [-0.25, -0.2) is 4.79 Å². The molecule has 1 unspecified atom stereocenters. The molecule has 3 aromatic rings. The van der Waals surface area contributed by atoms with Crippen LogP contribution in [0, 0.1) is 6.92 Å². The van der Waals surface area contributed by atoms with E-state index in [2.05, 4.69) is 4.98 Å². The fourth-order valence-electron chi connectivity index (χ4n) is 3.21. The van der Waals surface area contributed by atoms with Crippen LogP contribution < -0.4 is 10.4 Å². The Balaban J connectivity index is 1.46. The molecule has 4 rings (SSSR count). The van der Waals surface area contributed by atoms with Crippen LogP contribution >= 0.6 is 0 Å². The number of benzene rings is 1. The first-order valence-electron chi connectivity index (χ1n) is 8.23. The van der Waals surface area contributed by atoms with Gasteiger partial charge in [-0.05, 0) is 31.2 Å². The molecule has 1 saturated heterocycles. The number of carbonyl (C=O) groups excluding carboxylic acids is 1. The van der Waals surface area contributed by atoms with Crippen LogP contribution in [0.5, 0.6) is 5.75 Å². The van der Waals surface area contributed by atoms with E-state index in [-0.39, 0.29) is 12.0 Å². The average Bonchev–Trinajstić information content (AvgIpc) is 3.21. The summed E-state index contributed by atoms with van der Waals surface area (Å²) in [6.07, 6.45) is 2.47. The lowest BCUT2D eigenvalue weighted by Gasteiger charge is -2.17. The van der Waals surface area contributed by atoms with E-state index in [9.17, 15) is 9.59 Å². The Morgan fingerprint density at radius 1 is 1.28 bits per heavy atom. The number of fused-ring (bicyclic) bond motifs is 1. The third kappa shape index (κ3) is 3.15. The summed E-state index contributed by atoms with van der Waals surface area (Å²) in [5, 5.41) is 1.02. The molecule has 0 radical (unpaired) electrons. The van der Waals surface area contributed by atoms with Gasteiger partial charge >= 0.3 is 5.63 Å². The Morgan fingerprint density at radius 2 is 2.16 bits per heavy atom. The van der Waals surface area contributed by atoms with E-state index in [0.29, 0.717) is 30.2 Å². The summed E-state index contributed by atoms with van der Waals surface area (Å²) in [5.41, 5.74) is 1.25. The maximum Gasteiger partial charge on any atom is 0.339 e. The van der Waals surface area contributed by atoms with Gasteiger partial charge in [0.25, 0.3) is 5.91 Å². The van der Waals surface area contributed by atoms with Crippen molar-refractivity contribution in [3.8, 4) is 5.75 Å². The van der Waals surface area contributed by atoms with E-state index >= 15 is 0 Å². The molecule has 1 N–H and O–H groups in total. The Kier molecular flexibility index (Phi) is 3.80. The zero-order chi connectivity index (χ0) is 17.4. The number of amides is 1. The SMILES string of the molecule is Cc1cc(OC2CCN(C(=O)c3ccc4[nH]ccc4c3)C2)cc(=O)o1. The van der Waals surface area contributed by atoms with Crippen LogP contribution in [0.1, 0.15) is 22.5 Å². The summed E-state index contributed by atoms with van der Waals surface area (Å²) in [6, 6.07) is 10.6. The van der Waals surface area contributed by atoms with Crippen LogP contribution in [0.4, 0.5) is 0 Å². The van der Waals surface area contributed by atoms with Gasteiger partial charge in [-0.2, -0.15) is 0 Å². The predicted molar refractivity (Wildman–Crippen MR) is 93.0 cm³/mol. The van der Waals surface area contributed by atoms with E-state index in [1.54, 1.807) is 17.9 Å². The van der Waals surface area contributed by atoms with Crippen LogP contribution in [0.25, 0.3) is 10.9 Å². The number of nitrogens with zero attached hydrogens (tertiary/aromatic N) is 1. The largest absolute Gasteiger partial charge is 0.488 e. The third-order valence-corrected chi connectivity index (χ3v) is 4.40. The molecule has 6 nitrogen and oxygen atoms in total. The maximum absolute atomic E-state index is 12.7. The number of aromatic nitrogens is 1. The number of ether oxygens (including phenoxy) is 1. The minimum absolute atomic E-state index is 0.00189. The van der Waals surface area contributed by atoms with Crippen molar-refractivity contribution in [2.45, 2.75) is 19.4 Å². The molecule has 2 aromatic heterocycles. The van der Waals surface area contributed by atoms with Crippen LogP contribution in [0.3, 0.4) is 0 Å². The topological polar surface area (TPSA) is 75.5 Å². The van der Waals surface area contributed by atoms with Gasteiger partial charge in [0.1, 0.15) is 17.6 Å². The molecular weight excluding hydrogens is 320 g/mol. The quantitative estimate of drug-likeness (QED) is 0.797. The van der Waals surface area contributed by atoms with Gasteiger partial charge in [-0.15, -0.1) is 0 Å². The molecule has 1 fully saturated rings. The highest BCUT2D eigenvalue weighted by Crippen LogP contribution is 2.21. The first-order chi connectivity index (χ1) is 12.1. The highest BCUT2D eigenvalue weighted by Gasteiger charge is 2.28. The third-order valence-electron chi connectivity index (χ3n) is 4.40. The molecule has 1 atom stereocenters. The Labute approximate surface area is 144 Å². The monoisotopic (exact) mass is 338 g/mol. The molecule has 1 aliphatic heterocycles. The molecule has 0 spiro atoms. The van der Waals surface area contributed by atoms with Crippen molar-refractivity contribution < 1.29 is 13.9 Å². The van der Waals surface area contributed by atoms with Gasteiger partial charge in [0.2, 0.25) is 0 Å². The summed E-state index contributed by atoms with van der Waals surface area (Å²) in [6.45, 7) is 2.84. The smallest absolute Gasteiger partial charge is 0.339 e. The Hall–Kier alpha value is -3.02. The highest BCUT2D eigenvalue weighted by atomic mass is 16.5. The molecule has 0 aliphatic carbocycles. The maximum atomic E-state index is 12.7. The van der Waals surface area contributed by atoms with Gasteiger partial charge in [0, 0.05) is 41.7 Å². The number of likely N-dealkylation sites (tertiary alicyclic amines) is 1. The van der Waals surface area contributed by atoms with Crippen LogP contribution in [-0.4, -0.2) is 35.0 Å². The zero-order valence-corrected chi connectivity index (χ0v) is 13.8. The van der Waals surface area contributed by atoms with Gasteiger partial charge in [0.15, 0.2) is 0 Å². The minimum Gasteiger partial charge on any atom is -0.488 e. The van der Waals surface area contributed by atoms with Crippen molar-refractivity contribution in [2.75, 3.05) is 13.1 Å². The standard InChI is InChI=1S/C19H18N2O4/c1-12-8-16(10-18(22)24-12)25-15-5-7-21(11-15)19(23)14-2-3-17-13(9-14)4-6-20-17/h2-4,6,8-10,15,20H,5,7,11H2,1H3. The fraction of sp³-hybridized carbons (Fsp3) is 0.263. The van der Waals surface area contributed by atoms with E-state index in [4.69, 9.17) is 9.15 Å². The second-order valence-corrected chi connectivity index (χ2v) is 6.28. The van der Waals surface area contributed by atoms with Crippen molar-refractivity contribution in [3.63, 3.8) is 0 Å². The van der Waals surface area contributed by atoms with Crippen LogP contribution in [0.2, 0.25) is 0 Å². The van der Waals surface area contributed by atoms with Crippen molar-refractivity contribution in [3.05, 3.63) is 64.3 Å². The number of aryl methyl sites for hydroxylation is 1. The lowest BCUT2D eigenvalue weighted by atomic mass is 10.1. The van der Waals surface area contributed by atoms with E-state index in [1.165, 1.54) is 6.07 Å². The second-order valence-electron chi connectivity index (χ2n) is 6.28. The highest BCUT2D eigenvalue weighted by molar-refractivity contribution is 5.98. The molecule has 1 aromatic carbocycles. The summed E-state index contributed by atoms with van der Waals surface area (Å²) >= 11 is 0. The summed E-state index contributed by atoms with van der Waals surface area (Å²) in [5.74, 6) is 0.994. The van der Waals surface area contributed by atoms with Crippen molar-refractivity contribution >= 4 is 16.8 Å². The molecular formula is C19H18N2O4. The lowest BCUT2D eigenvalue weighted by Crippen LogP contribution is -2.31. The first-order valence-corrected chi connectivity index (χ1v) is 8.23. The van der Waals surface area contributed by atoms with Gasteiger partial charge in [-0.1, -0.05) is 0 Å². The molecule has 1 aliphatic rings. The molecule has 0 bridgehead atoms. The molecule has 1 amide bonds. The van der Waals surface area contributed by atoms with Gasteiger partial charge in [-0.3, -0.25) is 4.79 Å². The van der Waals surface area contributed by atoms with Crippen LogP contribution in [0.15, 0.2) is 51.8 Å². The molecule has 3 heterocycles. The van der Waals surface area contributed by atoms with Gasteiger partial charge < -0.3 is 19.0 Å². The Bertz CT molecular complexity index is 988. The summed E-state index contributed by atoms with van der Waals surface area (Å²) in [7, 11) is 0. The van der Waals surface area contributed by atoms with Crippen molar-refractivity contribution in [1.82, 2.24) is 9.88 Å². The summed E-state index contributed by atoms with van der Waals surface area (Å²) in [4.78, 5) is 29.0. The minimum atomic E-state index is -0.430. The van der Waals surface area contributed by atoms with Crippen molar-refractivity contribution in [1.29, 1.82) is 0 Å². The predicted octanol–water partition coefficient (Wildman–Crippen LogP) is 2.72. The lowest BCUT2D eigenvalue weighted by molar-refractivity contribution is 0.0772. The van der Waals surface area contributed by atoms with Crippen molar-refractivity contribution in [2.24, 2.45) is 0 Å². The van der Waals surface area contributed by atoms with Crippen LogP contribution in [-0.2, 0) is 0 Å². The van der Waals surface area contributed by atoms with Gasteiger partial charge in [0.05, 0.1) is 12.6 Å².